The molecule has 0 radical (unpaired) electrons. The zero-order valence-corrected chi connectivity index (χ0v) is 9.00. The quantitative estimate of drug-likeness (QED) is 0.643. The lowest BCUT2D eigenvalue weighted by atomic mass is 10.0. The standard InChI is InChI=1S/C10H20N2O/c1-6-7-11-10(13)9(8(2)3)12(4)5/h6,8-9H,1,7H2,2-5H3,(H,11,13). The average Bonchev–Trinajstić information content (AvgIpc) is 1.99. The first kappa shape index (κ1) is 12.2. The van der Waals surface area contributed by atoms with Gasteiger partial charge in [-0.15, -0.1) is 6.58 Å². The van der Waals surface area contributed by atoms with E-state index in [9.17, 15) is 4.79 Å². The second kappa shape index (κ2) is 5.75. The molecule has 0 aromatic carbocycles. The monoisotopic (exact) mass is 184 g/mol. The molecule has 0 saturated heterocycles. The lowest BCUT2D eigenvalue weighted by Gasteiger charge is -2.26. The van der Waals surface area contributed by atoms with Crippen molar-refractivity contribution < 1.29 is 4.79 Å². The van der Waals surface area contributed by atoms with Gasteiger partial charge in [-0.2, -0.15) is 0 Å². The van der Waals surface area contributed by atoms with E-state index >= 15 is 0 Å². The highest BCUT2D eigenvalue weighted by Crippen LogP contribution is 2.06. The number of amides is 1. The van der Waals surface area contributed by atoms with Gasteiger partial charge in [0, 0.05) is 6.54 Å². The Morgan fingerprint density at radius 2 is 2.08 bits per heavy atom. The molecule has 13 heavy (non-hydrogen) atoms. The molecule has 0 spiro atoms. The van der Waals surface area contributed by atoms with Crippen molar-refractivity contribution in [1.82, 2.24) is 10.2 Å². The normalized spacial score (nSPS) is 13.1. The molecule has 0 rings (SSSR count). The Kier molecular flexibility index (Phi) is 5.39. The maximum absolute atomic E-state index is 11.6. The van der Waals surface area contributed by atoms with E-state index in [0.29, 0.717) is 12.5 Å². The van der Waals surface area contributed by atoms with Gasteiger partial charge in [-0.1, -0.05) is 19.9 Å². The second-order valence-electron chi connectivity index (χ2n) is 3.69. The molecule has 1 atom stereocenters. The topological polar surface area (TPSA) is 32.3 Å². The van der Waals surface area contributed by atoms with Gasteiger partial charge in [0.15, 0.2) is 0 Å². The SMILES string of the molecule is C=CCNC(=O)C(C(C)C)N(C)C. The van der Waals surface area contributed by atoms with Gasteiger partial charge in [0.25, 0.3) is 0 Å². The molecule has 0 saturated carbocycles. The Labute approximate surface area is 80.8 Å². The van der Waals surface area contributed by atoms with Crippen LogP contribution in [0.15, 0.2) is 12.7 Å². The summed E-state index contributed by atoms with van der Waals surface area (Å²) in [5, 5.41) is 2.80. The highest BCUT2D eigenvalue weighted by Gasteiger charge is 2.23. The lowest BCUT2D eigenvalue weighted by Crippen LogP contribution is -2.46. The molecule has 76 valence electrons. The highest BCUT2D eigenvalue weighted by atomic mass is 16.2. The fourth-order valence-electron chi connectivity index (χ4n) is 1.41. The Balaban J connectivity index is 4.20. The maximum atomic E-state index is 11.6. The molecule has 1 N–H and O–H groups in total. The minimum atomic E-state index is -0.0556. The number of nitrogens with one attached hydrogen (secondary N) is 1. The summed E-state index contributed by atoms with van der Waals surface area (Å²) in [6.45, 7) is 8.17. The van der Waals surface area contributed by atoms with Gasteiger partial charge in [-0.3, -0.25) is 9.69 Å². The molecule has 0 fully saturated rings. The third-order valence-corrected chi connectivity index (χ3v) is 1.88. The molecule has 0 aromatic heterocycles. The Bertz CT molecular complexity index is 168. The van der Waals surface area contributed by atoms with Crippen LogP contribution in [0, 0.1) is 5.92 Å². The Morgan fingerprint density at radius 1 is 1.54 bits per heavy atom. The molecule has 3 nitrogen and oxygen atoms in total. The first-order chi connectivity index (χ1) is 6.00. The van der Waals surface area contributed by atoms with Crippen molar-refractivity contribution in [3.8, 4) is 0 Å². The highest BCUT2D eigenvalue weighted by molar-refractivity contribution is 5.82. The summed E-state index contributed by atoms with van der Waals surface area (Å²) in [6.07, 6.45) is 1.69. The molecule has 1 unspecified atom stereocenters. The van der Waals surface area contributed by atoms with Crippen molar-refractivity contribution in [1.29, 1.82) is 0 Å². The van der Waals surface area contributed by atoms with E-state index in [4.69, 9.17) is 0 Å². The van der Waals surface area contributed by atoms with Crippen molar-refractivity contribution in [3.63, 3.8) is 0 Å². The summed E-state index contributed by atoms with van der Waals surface area (Å²) in [6, 6.07) is -0.0556. The summed E-state index contributed by atoms with van der Waals surface area (Å²) < 4.78 is 0. The molecule has 0 aliphatic heterocycles. The van der Waals surface area contributed by atoms with Gasteiger partial charge in [0.05, 0.1) is 6.04 Å². The largest absolute Gasteiger partial charge is 0.351 e. The van der Waals surface area contributed by atoms with E-state index in [1.165, 1.54) is 0 Å². The third-order valence-electron chi connectivity index (χ3n) is 1.88. The van der Waals surface area contributed by atoms with Gasteiger partial charge >= 0.3 is 0 Å². The summed E-state index contributed by atoms with van der Waals surface area (Å²) in [5.74, 6) is 0.389. The van der Waals surface area contributed by atoms with Crippen LogP contribution >= 0.6 is 0 Å². The van der Waals surface area contributed by atoms with Gasteiger partial charge in [0.1, 0.15) is 0 Å². The van der Waals surface area contributed by atoms with Crippen LogP contribution in [0.2, 0.25) is 0 Å². The van der Waals surface area contributed by atoms with Gasteiger partial charge in [-0.05, 0) is 20.0 Å². The number of rotatable bonds is 5. The van der Waals surface area contributed by atoms with Crippen LogP contribution in [0.25, 0.3) is 0 Å². The molecule has 0 aliphatic rings. The molecular formula is C10H20N2O. The van der Waals surface area contributed by atoms with Gasteiger partial charge in [-0.25, -0.2) is 0 Å². The minimum Gasteiger partial charge on any atom is -0.351 e. The second-order valence-corrected chi connectivity index (χ2v) is 3.69. The van der Waals surface area contributed by atoms with Crippen molar-refractivity contribution >= 4 is 5.91 Å². The average molecular weight is 184 g/mol. The fourth-order valence-corrected chi connectivity index (χ4v) is 1.41. The summed E-state index contributed by atoms with van der Waals surface area (Å²) in [4.78, 5) is 13.5. The van der Waals surface area contributed by atoms with Crippen molar-refractivity contribution in [2.45, 2.75) is 19.9 Å². The van der Waals surface area contributed by atoms with E-state index in [1.807, 2.05) is 32.8 Å². The van der Waals surface area contributed by atoms with Crippen LogP contribution < -0.4 is 5.32 Å². The molecule has 0 heterocycles. The zero-order valence-electron chi connectivity index (χ0n) is 9.00. The summed E-state index contributed by atoms with van der Waals surface area (Å²) in [5.41, 5.74) is 0. The molecule has 1 amide bonds. The number of hydrogen-bond donors (Lipinski definition) is 1. The van der Waals surface area contributed by atoms with Crippen molar-refractivity contribution in [3.05, 3.63) is 12.7 Å². The number of carbonyl (C=O) groups excluding carboxylic acids is 1. The van der Waals surface area contributed by atoms with Crippen molar-refractivity contribution in [2.24, 2.45) is 5.92 Å². The third kappa shape index (κ3) is 4.08. The first-order valence-electron chi connectivity index (χ1n) is 4.55. The molecule has 0 aliphatic carbocycles. The van der Waals surface area contributed by atoms with E-state index < -0.39 is 0 Å². The van der Waals surface area contributed by atoms with Crippen LogP contribution in [0.1, 0.15) is 13.8 Å². The number of nitrogens with zero attached hydrogens (tertiary/aromatic N) is 1. The van der Waals surface area contributed by atoms with Gasteiger partial charge < -0.3 is 5.32 Å². The van der Waals surface area contributed by atoms with E-state index in [-0.39, 0.29) is 11.9 Å². The van der Waals surface area contributed by atoms with Crippen LogP contribution in [0.3, 0.4) is 0 Å². The molecule has 0 bridgehead atoms. The maximum Gasteiger partial charge on any atom is 0.237 e. The number of hydrogen-bond acceptors (Lipinski definition) is 2. The predicted octanol–water partition coefficient (Wildman–Crippen LogP) is 0.875. The van der Waals surface area contributed by atoms with E-state index in [1.54, 1.807) is 6.08 Å². The predicted molar refractivity (Wildman–Crippen MR) is 55.5 cm³/mol. The Morgan fingerprint density at radius 3 is 2.38 bits per heavy atom. The first-order valence-corrected chi connectivity index (χ1v) is 4.55. The lowest BCUT2D eigenvalue weighted by molar-refractivity contribution is -0.126. The van der Waals surface area contributed by atoms with Crippen LogP contribution in [-0.2, 0) is 4.79 Å². The minimum absolute atomic E-state index is 0.0556. The zero-order chi connectivity index (χ0) is 10.4. The number of carbonyl (C=O) groups is 1. The van der Waals surface area contributed by atoms with Crippen LogP contribution in [-0.4, -0.2) is 37.5 Å². The summed E-state index contributed by atoms with van der Waals surface area (Å²) >= 11 is 0. The fraction of sp³-hybridized carbons (Fsp3) is 0.700. The molecule has 0 aromatic rings. The van der Waals surface area contributed by atoms with E-state index in [0.717, 1.165) is 0 Å². The van der Waals surface area contributed by atoms with Gasteiger partial charge in [0.2, 0.25) is 5.91 Å². The van der Waals surface area contributed by atoms with Crippen LogP contribution in [0.4, 0.5) is 0 Å². The molecule has 3 heteroatoms. The van der Waals surface area contributed by atoms with Crippen LogP contribution in [0.5, 0.6) is 0 Å². The summed E-state index contributed by atoms with van der Waals surface area (Å²) in [7, 11) is 3.83. The number of likely N-dealkylation sites (N-methyl/N-ethyl adjacent to an activating group) is 1. The molecular weight excluding hydrogens is 164 g/mol. The van der Waals surface area contributed by atoms with Crippen molar-refractivity contribution in [2.75, 3.05) is 20.6 Å². The smallest absolute Gasteiger partial charge is 0.237 e. The Hall–Kier alpha value is -0.830. The van der Waals surface area contributed by atoms with E-state index in [2.05, 4.69) is 11.9 Å².